The fourth-order valence-corrected chi connectivity index (χ4v) is 5.09. The molecule has 1 atom stereocenters. The van der Waals surface area contributed by atoms with Crippen LogP contribution in [0.2, 0.25) is 0 Å². The summed E-state index contributed by atoms with van der Waals surface area (Å²) in [6, 6.07) is 14.8. The molecule has 0 spiro atoms. The number of carbonyl (C=O) groups excluding carboxylic acids is 3. The minimum absolute atomic E-state index is 0.0150. The Morgan fingerprint density at radius 2 is 1.73 bits per heavy atom. The molecule has 1 saturated carbocycles. The SMILES string of the molecule is CNC(=O)c1cccc(-c2cccnc2[C@H](Cc2cc(F)cc(F)c2)NC(=O)Cn2nc(C(=O)NC3CC3)cc2C(C)C)c1. The van der Waals surface area contributed by atoms with E-state index in [-0.39, 0.29) is 42.4 Å². The summed E-state index contributed by atoms with van der Waals surface area (Å²) in [7, 11) is 1.54. The highest BCUT2D eigenvalue weighted by molar-refractivity contribution is 5.95. The van der Waals surface area contributed by atoms with Gasteiger partial charge in [0.2, 0.25) is 5.91 Å². The molecule has 228 valence electrons. The molecule has 1 fully saturated rings. The third-order valence-electron chi connectivity index (χ3n) is 7.37. The number of aromatic nitrogens is 3. The van der Waals surface area contributed by atoms with Crippen molar-refractivity contribution in [2.45, 2.75) is 57.7 Å². The minimum atomic E-state index is -0.806. The van der Waals surface area contributed by atoms with Gasteiger partial charge in [-0.3, -0.25) is 24.0 Å². The van der Waals surface area contributed by atoms with E-state index in [0.29, 0.717) is 27.9 Å². The summed E-state index contributed by atoms with van der Waals surface area (Å²) in [5.41, 5.74) is 3.49. The lowest BCUT2D eigenvalue weighted by molar-refractivity contribution is -0.122. The van der Waals surface area contributed by atoms with E-state index < -0.39 is 23.6 Å². The van der Waals surface area contributed by atoms with Crippen LogP contribution in [0.1, 0.15) is 76.4 Å². The maximum Gasteiger partial charge on any atom is 0.272 e. The van der Waals surface area contributed by atoms with E-state index in [4.69, 9.17) is 0 Å². The van der Waals surface area contributed by atoms with Crippen molar-refractivity contribution < 1.29 is 23.2 Å². The number of rotatable bonds is 11. The second-order valence-electron chi connectivity index (χ2n) is 11.2. The number of nitrogens with one attached hydrogen (secondary N) is 3. The van der Waals surface area contributed by atoms with Crippen LogP contribution in [0.5, 0.6) is 0 Å². The maximum atomic E-state index is 14.2. The Morgan fingerprint density at radius 1 is 0.977 bits per heavy atom. The van der Waals surface area contributed by atoms with Crippen LogP contribution in [-0.2, 0) is 17.8 Å². The number of hydrogen-bond donors (Lipinski definition) is 3. The van der Waals surface area contributed by atoms with Crippen molar-refractivity contribution in [3.63, 3.8) is 0 Å². The zero-order chi connectivity index (χ0) is 31.4. The first-order chi connectivity index (χ1) is 21.1. The first kappa shape index (κ1) is 30.5. The number of carbonyl (C=O) groups is 3. The summed E-state index contributed by atoms with van der Waals surface area (Å²) < 4.78 is 29.9. The maximum absolute atomic E-state index is 14.2. The van der Waals surface area contributed by atoms with Crippen molar-refractivity contribution in [3.05, 3.63) is 107 Å². The molecule has 0 aliphatic heterocycles. The third kappa shape index (κ3) is 7.34. The molecule has 0 radical (unpaired) electrons. The molecule has 4 aromatic rings. The minimum Gasteiger partial charge on any atom is -0.355 e. The standard InChI is InChI=1S/C33H34F2N6O3/c1-19(2)29-17-28(33(44)38-25-9-10-25)40-41(29)18-30(42)39-27(14-20-12-23(34)16-24(35)13-20)31-26(8-5-11-37-31)21-6-4-7-22(15-21)32(43)36-3/h4-8,11-13,15-17,19,25,27H,9-10,14,18H2,1-3H3,(H,36,43)(H,38,44)(H,39,42)/t27-/m0/s1. The van der Waals surface area contributed by atoms with E-state index in [9.17, 15) is 23.2 Å². The lowest BCUT2D eigenvalue weighted by atomic mass is 9.94. The van der Waals surface area contributed by atoms with E-state index in [1.54, 1.807) is 43.6 Å². The molecule has 3 N–H and O–H groups in total. The highest BCUT2D eigenvalue weighted by atomic mass is 19.1. The topological polar surface area (TPSA) is 118 Å². The molecule has 3 amide bonds. The predicted molar refractivity (Wildman–Crippen MR) is 161 cm³/mol. The van der Waals surface area contributed by atoms with Gasteiger partial charge in [-0.1, -0.05) is 32.0 Å². The normalized spacial score (nSPS) is 13.4. The predicted octanol–water partition coefficient (Wildman–Crippen LogP) is 4.70. The van der Waals surface area contributed by atoms with Crippen molar-refractivity contribution in [1.29, 1.82) is 0 Å². The van der Waals surface area contributed by atoms with Gasteiger partial charge in [-0.25, -0.2) is 8.78 Å². The number of halogens is 2. The zero-order valence-electron chi connectivity index (χ0n) is 24.7. The van der Waals surface area contributed by atoms with Crippen LogP contribution < -0.4 is 16.0 Å². The quantitative estimate of drug-likeness (QED) is 0.231. The van der Waals surface area contributed by atoms with Gasteiger partial charge in [-0.15, -0.1) is 0 Å². The van der Waals surface area contributed by atoms with Gasteiger partial charge in [0.15, 0.2) is 0 Å². The molecule has 0 bridgehead atoms. The average Bonchev–Trinajstić information content (AvgIpc) is 3.71. The highest BCUT2D eigenvalue weighted by Gasteiger charge is 2.27. The summed E-state index contributed by atoms with van der Waals surface area (Å²) in [5, 5.41) is 12.9. The Hall–Kier alpha value is -4.93. The van der Waals surface area contributed by atoms with Crippen molar-refractivity contribution in [2.24, 2.45) is 0 Å². The summed E-state index contributed by atoms with van der Waals surface area (Å²) in [4.78, 5) is 43.2. The van der Waals surface area contributed by atoms with Crippen LogP contribution in [-0.4, -0.2) is 45.6 Å². The monoisotopic (exact) mass is 600 g/mol. The van der Waals surface area contributed by atoms with Crippen molar-refractivity contribution in [3.8, 4) is 11.1 Å². The first-order valence-electron chi connectivity index (χ1n) is 14.5. The molecule has 44 heavy (non-hydrogen) atoms. The summed E-state index contributed by atoms with van der Waals surface area (Å²) in [6.45, 7) is 3.71. The Kier molecular flexibility index (Phi) is 9.12. The third-order valence-corrected chi connectivity index (χ3v) is 7.37. The molecular weight excluding hydrogens is 566 g/mol. The molecule has 9 nitrogen and oxygen atoms in total. The summed E-state index contributed by atoms with van der Waals surface area (Å²) in [5.74, 6) is -2.46. The van der Waals surface area contributed by atoms with Gasteiger partial charge in [0.1, 0.15) is 23.9 Å². The second kappa shape index (κ2) is 13.2. The van der Waals surface area contributed by atoms with E-state index in [1.807, 2.05) is 26.0 Å². The highest BCUT2D eigenvalue weighted by Crippen LogP contribution is 2.30. The van der Waals surface area contributed by atoms with Crippen LogP contribution in [0.3, 0.4) is 0 Å². The van der Waals surface area contributed by atoms with Crippen molar-refractivity contribution in [1.82, 2.24) is 30.7 Å². The van der Waals surface area contributed by atoms with Gasteiger partial charge in [0.05, 0.1) is 11.7 Å². The number of amides is 3. The van der Waals surface area contributed by atoms with Gasteiger partial charge < -0.3 is 16.0 Å². The molecule has 2 aromatic heterocycles. The zero-order valence-corrected chi connectivity index (χ0v) is 24.7. The fourth-order valence-electron chi connectivity index (χ4n) is 5.09. The van der Waals surface area contributed by atoms with Gasteiger partial charge in [-0.2, -0.15) is 5.10 Å². The van der Waals surface area contributed by atoms with Crippen molar-refractivity contribution in [2.75, 3.05) is 7.05 Å². The summed E-state index contributed by atoms with van der Waals surface area (Å²) in [6.07, 6.45) is 3.48. The van der Waals surface area contributed by atoms with Crippen LogP contribution in [0.15, 0.2) is 66.9 Å². The van der Waals surface area contributed by atoms with Gasteiger partial charge in [0.25, 0.3) is 11.8 Å². The molecule has 0 saturated heterocycles. The van der Waals surface area contributed by atoms with Crippen LogP contribution >= 0.6 is 0 Å². The van der Waals surface area contributed by atoms with Gasteiger partial charge in [-0.05, 0) is 72.7 Å². The Morgan fingerprint density at radius 3 is 2.41 bits per heavy atom. The summed E-state index contributed by atoms with van der Waals surface area (Å²) >= 11 is 0. The van der Waals surface area contributed by atoms with Gasteiger partial charge in [0, 0.05) is 42.2 Å². The largest absolute Gasteiger partial charge is 0.355 e. The smallest absolute Gasteiger partial charge is 0.272 e. The molecule has 5 rings (SSSR count). The molecular formula is C33H34F2N6O3. The number of nitrogens with zero attached hydrogens (tertiary/aromatic N) is 3. The fraction of sp³-hybridized carbons (Fsp3) is 0.303. The van der Waals surface area contributed by atoms with Crippen LogP contribution in [0.4, 0.5) is 8.78 Å². The number of hydrogen-bond acceptors (Lipinski definition) is 5. The molecule has 1 aliphatic rings. The second-order valence-corrected chi connectivity index (χ2v) is 11.2. The number of pyridine rings is 1. The molecule has 11 heteroatoms. The Balaban J connectivity index is 1.47. The molecule has 2 aromatic carbocycles. The Labute approximate surface area is 254 Å². The van der Waals surface area contributed by atoms with E-state index in [1.165, 1.54) is 16.8 Å². The van der Waals surface area contributed by atoms with Crippen LogP contribution in [0, 0.1) is 11.6 Å². The van der Waals surface area contributed by atoms with E-state index >= 15 is 0 Å². The average molecular weight is 601 g/mol. The lowest BCUT2D eigenvalue weighted by Crippen LogP contribution is -2.34. The van der Waals surface area contributed by atoms with E-state index in [2.05, 4.69) is 26.0 Å². The Bertz CT molecular complexity index is 1680. The number of benzene rings is 2. The lowest BCUT2D eigenvalue weighted by Gasteiger charge is -2.22. The van der Waals surface area contributed by atoms with Crippen molar-refractivity contribution >= 4 is 17.7 Å². The molecule has 1 aliphatic carbocycles. The molecule has 2 heterocycles. The van der Waals surface area contributed by atoms with Gasteiger partial charge >= 0.3 is 0 Å². The van der Waals surface area contributed by atoms with Crippen LogP contribution in [0.25, 0.3) is 11.1 Å². The van der Waals surface area contributed by atoms with E-state index in [0.717, 1.165) is 24.6 Å². The first-order valence-corrected chi connectivity index (χ1v) is 14.5. The molecule has 0 unspecified atom stereocenters.